The number of hydrogen-bond donors (Lipinski definition) is 0. The van der Waals surface area contributed by atoms with E-state index in [0.717, 1.165) is 5.75 Å². The molecule has 5 heteroatoms. The van der Waals surface area contributed by atoms with Crippen molar-refractivity contribution in [1.82, 2.24) is 10.2 Å². The molecule has 0 spiro atoms. The first-order valence-electron chi connectivity index (χ1n) is 6.94. The van der Waals surface area contributed by atoms with Gasteiger partial charge in [-0.15, -0.1) is 10.2 Å². The van der Waals surface area contributed by atoms with Gasteiger partial charge < -0.3 is 4.42 Å². The monoisotopic (exact) mass is 422 g/mol. The Hall–Kier alpha value is -1.34. The maximum Gasteiger partial charge on any atom is 0.276 e. The van der Waals surface area contributed by atoms with Gasteiger partial charge >= 0.3 is 0 Å². The Morgan fingerprint density at radius 1 is 0.955 bits per heavy atom. The molecule has 112 valence electrons. The van der Waals surface area contributed by atoms with E-state index in [9.17, 15) is 0 Å². The first kappa shape index (κ1) is 15.6. The van der Waals surface area contributed by atoms with Crippen molar-refractivity contribution >= 4 is 34.4 Å². The van der Waals surface area contributed by atoms with Gasteiger partial charge in [0.2, 0.25) is 5.89 Å². The van der Waals surface area contributed by atoms with Crippen LogP contribution in [0.15, 0.2) is 58.2 Å². The Bertz CT molecular complexity index is 738. The predicted molar refractivity (Wildman–Crippen MR) is 97.0 cm³/mol. The fourth-order valence-electron chi connectivity index (χ4n) is 1.97. The molecule has 0 saturated carbocycles. The molecule has 0 unspecified atom stereocenters. The highest BCUT2D eigenvalue weighted by Crippen LogP contribution is 2.22. The minimum atomic E-state index is 0.626. The Morgan fingerprint density at radius 2 is 1.64 bits per heavy atom. The molecule has 0 aliphatic rings. The number of halogens is 1. The standard InChI is InChI=1S/C17H15IN2OS/c1-12-2-4-13(5-3-12)10-16-19-20-17(21-16)22-11-14-6-8-15(18)9-7-14/h2-9H,10-11H2,1H3. The third-order valence-electron chi connectivity index (χ3n) is 3.20. The van der Waals surface area contributed by atoms with Crippen LogP contribution in [0.5, 0.6) is 0 Å². The van der Waals surface area contributed by atoms with Crippen LogP contribution in [0.1, 0.15) is 22.6 Å². The van der Waals surface area contributed by atoms with Gasteiger partial charge in [0.15, 0.2) is 0 Å². The number of benzene rings is 2. The third kappa shape index (κ3) is 4.33. The van der Waals surface area contributed by atoms with Gasteiger partial charge in [0.05, 0.1) is 6.42 Å². The molecule has 0 atom stereocenters. The zero-order chi connectivity index (χ0) is 15.4. The van der Waals surface area contributed by atoms with Gasteiger partial charge in [-0.25, -0.2) is 0 Å². The maximum absolute atomic E-state index is 5.70. The van der Waals surface area contributed by atoms with Crippen LogP contribution >= 0.6 is 34.4 Å². The second-order valence-corrected chi connectivity index (χ2v) is 7.21. The lowest BCUT2D eigenvalue weighted by Crippen LogP contribution is -1.88. The minimum Gasteiger partial charge on any atom is -0.416 e. The Labute approximate surface area is 147 Å². The number of hydrogen-bond acceptors (Lipinski definition) is 4. The van der Waals surface area contributed by atoms with Crippen LogP contribution in [-0.4, -0.2) is 10.2 Å². The van der Waals surface area contributed by atoms with Gasteiger partial charge in [-0.3, -0.25) is 0 Å². The Balaban J connectivity index is 1.59. The van der Waals surface area contributed by atoms with Gasteiger partial charge in [0.25, 0.3) is 5.22 Å². The van der Waals surface area contributed by atoms with Gasteiger partial charge in [0.1, 0.15) is 0 Å². The van der Waals surface area contributed by atoms with E-state index >= 15 is 0 Å². The molecule has 2 aromatic carbocycles. The molecule has 0 aliphatic carbocycles. The molecular weight excluding hydrogens is 407 g/mol. The van der Waals surface area contributed by atoms with Crippen molar-refractivity contribution in [3.63, 3.8) is 0 Å². The van der Waals surface area contributed by atoms with E-state index in [1.54, 1.807) is 11.8 Å². The number of aromatic nitrogens is 2. The lowest BCUT2D eigenvalue weighted by atomic mass is 10.1. The molecule has 1 heterocycles. The normalized spacial score (nSPS) is 10.8. The predicted octanol–water partition coefficient (Wildman–Crippen LogP) is 4.87. The highest BCUT2D eigenvalue weighted by molar-refractivity contribution is 14.1. The average molecular weight is 422 g/mol. The first-order valence-corrected chi connectivity index (χ1v) is 9.00. The molecule has 22 heavy (non-hydrogen) atoms. The van der Waals surface area contributed by atoms with Crippen molar-refractivity contribution in [3.8, 4) is 0 Å². The minimum absolute atomic E-state index is 0.626. The SMILES string of the molecule is Cc1ccc(Cc2nnc(SCc3ccc(I)cc3)o2)cc1. The van der Waals surface area contributed by atoms with Gasteiger partial charge in [0, 0.05) is 9.32 Å². The number of rotatable bonds is 5. The second kappa shape index (κ2) is 7.28. The molecule has 0 saturated heterocycles. The molecule has 3 rings (SSSR count). The van der Waals surface area contributed by atoms with E-state index in [4.69, 9.17) is 4.42 Å². The highest BCUT2D eigenvalue weighted by atomic mass is 127. The van der Waals surface area contributed by atoms with Crippen LogP contribution in [0.4, 0.5) is 0 Å². The van der Waals surface area contributed by atoms with Crippen molar-refractivity contribution in [2.75, 3.05) is 0 Å². The summed E-state index contributed by atoms with van der Waals surface area (Å²) in [5, 5.41) is 8.85. The van der Waals surface area contributed by atoms with Crippen molar-refractivity contribution in [1.29, 1.82) is 0 Å². The molecule has 0 aliphatic heterocycles. The van der Waals surface area contributed by atoms with Crippen molar-refractivity contribution in [3.05, 3.63) is 74.7 Å². The van der Waals surface area contributed by atoms with E-state index < -0.39 is 0 Å². The number of aryl methyl sites for hydroxylation is 1. The number of nitrogens with zero attached hydrogens (tertiary/aromatic N) is 2. The quantitative estimate of drug-likeness (QED) is 0.435. The summed E-state index contributed by atoms with van der Waals surface area (Å²) < 4.78 is 6.94. The van der Waals surface area contributed by atoms with E-state index in [1.165, 1.54) is 20.3 Å². The molecule has 0 bridgehead atoms. The molecule has 1 aromatic heterocycles. The largest absolute Gasteiger partial charge is 0.416 e. The fraction of sp³-hybridized carbons (Fsp3) is 0.176. The zero-order valence-corrected chi connectivity index (χ0v) is 15.1. The maximum atomic E-state index is 5.70. The van der Waals surface area contributed by atoms with Crippen molar-refractivity contribution in [2.45, 2.75) is 24.3 Å². The van der Waals surface area contributed by atoms with Gasteiger partial charge in [-0.1, -0.05) is 53.7 Å². The summed E-state index contributed by atoms with van der Waals surface area (Å²) in [5.41, 5.74) is 3.69. The molecule has 0 N–H and O–H groups in total. The highest BCUT2D eigenvalue weighted by Gasteiger charge is 2.08. The summed E-state index contributed by atoms with van der Waals surface area (Å²) in [4.78, 5) is 0. The molecule has 3 aromatic rings. The lowest BCUT2D eigenvalue weighted by Gasteiger charge is -1.99. The van der Waals surface area contributed by atoms with E-state index in [0.29, 0.717) is 17.5 Å². The van der Waals surface area contributed by atoms with Crippen LogP contribution in [0.2, 0.25) is 0 Å². The molecule has 0 fully saturated rings. The summed E-state index contributed by atoms with van der Waals surface area (Å²) in [5.74, 6) is 1.50. The van der Waals surface area contributed by atoms with E-state index in [2.05, 4.69) is 88.2 Å². The molecule has 0 radical (unpaired) electrons. The first-order chi connectivity index (χ1) is 10.7. The second-order valence-electron chi connectivity index (χ2n) is 5.04. The topological polar surface area (TPSA) is 38.9 Å². The van der Waals surface area contributed by atoms with Crippen LogP contribution in [0, 0.1) is 10.5 Å². The van der Waals surface area contributed by atoms with Gasteiger partial charge in [-0.2, -0.15) is 0 Å². The smallest absolute Gasteiger partial charge is 0.276 e. The van der Waals surface area contributed by atoms with Crippen LogP contribution in [-0.2, 0) is 12.2 Å². The van der Waals surface area contributed by atoms with Crippen molar-refractivity contribution < 1.29 is 4.42 Å². The Kier molecular flexibility index (Phi) is 5.15. The van der Waals surface area contributed by atoms with Crippen LogP contribution < -0.4 is 0 Å². The van der Waals surface area contributed by atoms with Gasteiger partial charge in [-0.05, 0) is 52.8 Å². The van der Waals surface area contributed by atoms with Crippen LogP contribution in [0.25, 0.3) is 0 Å². The summed E-state index contributed by atoms with van der Waals surface area (Å²) >= 11 is 3.88. The van der Waals surface area contributed by atoms with Crippen LogP contribution in [0.3, 0.4) is 0 Å². The lowest BCUT2D eigenvalue weighted by molar-refractivity contribution is 0.420. The molecule has 3 nitrogen and oxygen atoms in total. The fourth-order valence-corrected chi connectivity index (χ4v) is 3.07. The van der Waals surface area contributed by atoms with Crippen molar-refractivity contribution in [2.24, 2.45) is 0 Å². The van der Waals surface area contributed by atoms with E-state index in [-0.39, 0.29) is 0 Å². The number of thioether (sulfide) groups is 1. The van der Waals surface area contributed by atoms with E-state index in [1.807, 2.05) is 0 Å². The third-order valence-corrected chi connectivity index (χ3v) is 4.81. The summed E-state index contributed by atoms with van der Waals surface area (Å²) in [6.45, 7) is 2.08. The molecular formula is C17H15IN2OS. The summed E-state index contributed by atoms with van der Waals surface area (Å²) in [6, 6.07) is 16.8. The summed E-state index contributed by atoms with van der Waals surface area (Å²) in [6.07, 6.45) is 0.678. The molecule has 0 amide bonds. The average Bonchev–Trinajstić information content (AvgIpc) is 2.97. The zero-order valence-electron chi connectivity index (χ0n) is 12.1. The Morgan fingerprint density at radius 3 is 2.36 bits per heavy atom. The summed E-state index contributed by atoms with van der Waals surface area (Å²) in [7, 11) is 0.